The van der Waals surface area contributed by atoms with Gasteiger partial charge >= 0.3 is 0 Å². The second kappa shape index (κ2) is 8.35. The first-order valence-electron chi connectivity index (χ1n) is 13.3. The molecule has 1 aliphatic carbocycles. The van der Waals surface area contributed by atoms with Crippen LogP contribution in [0.3, 0.4) is 0 Å². The average Bonchev–Trinajstić information content (AvgIpc) is 3.12. The van der Waals surface area contributed by atoms with E-state index in [-0.39, 0.29) is 11.0 Å². The Bertz CT molecular complexity index is 1650. The Kier molecular flexibility index (Phi) is 5.31. The van der Waals surface area contributed by atoms with Crippen molar-refractivity contribution in [2.24, 2.45) is 0 Å². The second-order valence-corrected chi connectivity index (χ2v) is 11.7. The predicted octanol–water partition coefficient (Wildman–Crippen LogP) is 9.78. The quantitative estimate of drug-likeness (QED) is 0.269. The Morgan fingerprint density at radius 2 is 1.35 bits per heavy atom. The second-order valence-electron chi connectivity index (χ2n) is 11.7. The van der Waals surface area contributed by atoms with E-state index in [0.717, 1.165) is 0 Å². The number of hydrogen-bond acceptors (Lipinski definition) is 1. The van der Waals surface area contributed by atoms with E-state index < -0.39 is 0 Å². The molecule has 6 rings (SSSR count). The van der Waals surface area contributed by atoms with E-state index in [1.165, 1.54) is 66.5 Å². The lowest BCUT2D eigenvalue weighted by Crippen LogP contribution is -2.29. The van der Waals surface area contributed by atoms with Crippen molar-refractivity contribution in [3.8, 4) is 22.3 Å². The highest BCUT2D eigenvalue weighted by Crippen LogP contribution is 2.53. The Balaban J connectivity index is 1.50. The van der Waals surface area contributed by atoms with E-state index in [1.807, 2.05) is 0 Å². The molecule has 0 fully saturated rings. The zero-order valence-electron chi connectivity index (χ0n) is 22.7. The van der Waals surface area contributed by atoms with Crippen LogP contribution in [-0.2, 0) is 11.0 Å². The Morgan fingerprint density at radius 1 is 0.649 bits per heavy atom. The molecule has 0 atom stereocenters. The van der Waals surface area contributed by atoms with Crippen molar-refractivity contribution in [1.82, 2.24) is 0 Å². The van der Waals surface area contributed by atoms with Crippen molar-refractivity contribution in [3.63, 3.8) is 0 Å². The molecule has 0 bridgehead atoms. The van der Waals surface area contributed by atoms with Gasteiger partial charge in [0.15, 0.2) is 0 Å². The lowest BCUT2D eigenvalue weighted by Gasteiger charge is -2.31. The summed E-state index contributed by atoms with van der Waals surface area (Å²) in [6.45, 7) is 13.7. The van der Waals surface area contributed by atoms with Crippen molar-refractivity contribution < 1.29 is 0 Å². The number of aryl methyl sites for hydroxylation is 2. The number of fused-ring (bicyclic) bond motifs is 5. The van der Waals surface area contributed by atoms with Gasteiger partial charge in [-0.15, -0.1) is 0 Å². The minimum Gasteiger partial charge on any atom is -0.376 e. The largest absolute Gasteiger partial charge is 0.376 e. The van der Waals surface area contributed by atoms with Gasteiger partial charge in [-0.05, 0) is 95.1 Å². The van der Waals surface area contributed by atoms with Crippen LogP contribution in [0.2, 0.25) is 0 Å². The minimum absolute atomic E-state index is 0.0932. The van der Waals surface area contributed by atoms with Gasteiger partial charge in [0.05, 0.1) is 5.54 Å². The maximum atomic E-state index is 3.83. The summed E-state index contributed by atoms with van der Waals surface area (Å²) in [5.74, 6) is 0. The monoisotopic (exact) mass is 481 g/mol. The van der Waals surface area contributed by atoms with Gasteiger partial charge in [-0.3, -0.25) is 0 Å². The van der Waals surface area contributed by atoms with E-state index in [2.05, 4.69) is 144 Å². The Labute approximate surface area is 221 Å². The normalized spacial score (nSPS) is 13.9. The summed E-state index contributed by atoms with van der Waals surface area (Å²) >= 11 is 0. The third-order valence-corrected chi connectivity index (χ3v) is 8.32. The maximum Gasteiger partial charge on any atom is 0.0569 e. The van der Waals surface area contributed by atoms with Crippen LogP contribution in [0.25, 0.3) is 33.0 Å². The summed E-state index contributed by atoms with van der Waals surface area (Å²) in [5.41, 5.74) is 12.9. The molecular formula is C36H35N. The van der Waals surface area contributed by atoms with E-state index in [9.17, 15) is 0 Å². The molecule has 5 aromatic carbocycles. The molecule has 5 aromatic rings. The molecule has 0 spiro atoms. The summed E-state index contributed by atoms with van der Waals surface area (Å²) in [4.78, 5) is 0. The molecule has 1 heteroatoms. The molecule has 0 radical (unpaired) electrons. The van der Waals surface area contributed by atoms with Gasteiger partial charge in [-0.2, -0.15) is 0 Å². The molecule has 0 saturated carbocycles. The lowest BCUT2D eigenvalue weighted by atomic mass is 9.79. The molecule has 1 aliphatic rings. The number of benzene rings is 5. The topological polar surface area (TPSA) is 12.0 Å². The molecule has 1 N–H and O–H groups in total. The fourth-order valence-corrected chi connectivity index (χ4v) is 6.19. The molecule has 37 heavy (non-hydrogen) atoms. The molecule has 0 amide bonds. The third kappa shape index (κ3) is 3.76. The smallest absolute Gasteiger partial charge is 0.0569 e. The van der Waals surface area contributed by atoms with Crippen molar-refractivity contribution in [3.05, 3.63) is 125 Å². The third-order valence-electron chi connectivity index (χ3n) is 8.32. The molecule has 0 saturated heterocycles. The standard InChI is InChI=1S/C36H35N/c1-23-16-19-33(24(2)20-23)37-36(5,6)26-17-18-29-31(21-26)35(3,4)32-22-30(25-12-8-7-9-13-25)27-14-10-11-15-28(27)34(29)32/h7-22,37H,1-6H3. The highest BCUT2D eigenvalue weighted by Gasteiger charge is 2.38. The first kappa shape index (κ1) is 23.6. The lowest BCUT2D eigenvalue weighted by molar-refractivity contribution is 0.601. The Morgan fingerprint density at radius 3 is 2.08 bits per heavy atom. The van der Waals surface area contributed by atoms with Crippen LogP contribution < -0.4 is 5.32 Å². The van der Waals surface area contributed by atoms with Crippen LogP contribution in [0.5, 0.6) is 0 Å². The molecule has 1 nitrogen and oxygen atoms in total. The molecule has 0 aromatic heterocycles. The fraction of sp³-hybridized carbons (Fsp3) is 0.222. The fourth-order valence-electron chi connectivity index (χ4n) is 6.19. The van der Waals surface area contributed by atoms with E-state index in [0.29, 0.717) is 0 Å². The van der Waals surface area contributed by atoms with Crippen LogP contribution in [0.15, 0.2) is 97.1 Å². The van der Waals surface area contributed by atoms with Gasteiger partial charge in [0.2, 0.25) is 0 Å². The van der Waals surface area contributed by atoms with E-state index in [4.69, 9.17) is 0 Å². The summed E-state index contributed by atoms with van der Waals surface area (Å²) in [5, 5.41) is 6.49. The van der Waals surface area contributed by atoms with Gasteiger partial charge < -0.3 is 5.32 Å². The van der Waals surface area contributed by atoms with Crippen molar-refractivity contribution in [1.29, 1.82) is 0 Å². The van der Waals surface area contributed by atoms with Crippen molar-refractivity contribution in [2.75, 3.05) is 5.32 Å². The van der Waals surface area contributed by atoms with Gasteiger partial charge in [0.25, 0.3) is 0 Å². The van der Waals surface area contributed by atoms with Crippen molar-refractivity contribution >= 4 is 16.5 Å². The SMILES string of the molecule is Cc1ccc(NC(C)(C)c2ccc3c(c2)C(C)(C)c2cc(-c4ccccc4)c4ccccc4c2-3)c(C)c1. The van der Waals surface area contributed by atoms with E-state index in [1.54, 1.807) is 0 Å². The molecule has 0 unspecified atom stereocenters. The summed E-state index contributed by atoms with van der Waals surface area (Å²) in [7, 11) is 0. The van der Waals surface area contributed by atoms with Gasteiger partial charge in [-0.1, -0.05) is 104 Å². The minimum atomic E-state index is -0.211. The summed E-state index contributed by atoms with van der Waals surface area (Å²) in [6, 6.07) is 35.9. The van der Waals surface area contributed by atoms with Crippen LogP contribution in [0.1, 0.15) is 55.5 Å². The van der Waals surface area contributed by atoms with E-state index >= 15 is 0 Å². The number of anilines is 1. The zero-order valence-corrected chi connectivity index (χ0v) is 22.7. The number of hydrogen-bond donors (Lipinski definition) is 1. The molecular weight excluding hydrogens is 446 g/mol. The Hall–Kier alpha value is -3.84. The first-order chi connectivity index (χ1) is 17.7. The highest BCUT2D eigenvalue weighted by molar-refractivity contribution is 6.09. The zero-order chi connectivity index (χ0) is 25.9. The van der Waals surface area contributed by atoms with Crippen LogP contribution in [-0.4, -0.2) is 0 Å². The first-order valence-corrected chi connectivity index (χ1v) is 13.3. The molecule has 0 heterocycles. The summed E-state index contributed by atoms with van der Waals surface area (Å²) < 4.78 is 0. The summed E-state index contributed by atoms with van der Waals surface area (Å²) in [6.07, 6.45) is 0. The van der Waals surface area contributed by atoms with Gasteiger partial charge in [-0.25, -0.2) is 0 Å². The van der Waals surface area contributed by atoms with Crippen LogP contribution in [0.4, 0.5) is 5.69 Å². The van der Waals surface area contributed by atoms with Crippen LogP contribution >= 0.6 is 0 Å². The maximum absolute atomic E-state index is 3.83. The molecule has 0 aliphatic heterocycles. The number of nitrogens with one attached hydrogen (secondary N) is 1. The van der Waals surface area contributed by atoms with Crippen LogP contribution in [0, 0.1) is 13.8 Å². The van der Waals surface area contributed by atoms with Crippen molar-refractivity contribution in [2.45, 2.75) is 52.5 Å². The average molecular weight is 482 g/mol. The van der Waals surface area contributed by atoms with Gasteiger partial charge in [0.1, 0.15) is 0 Å². The highest BCUT2D eigenvalue weighted by atomic mass is 15.0. The van der Waals surface area contributed by atoms with Gasteiger partial charge in [0, 0.05) is 11.1 Å². The molecule has 184 valence electrons. The number of rotatable bonds is 4. The predicted molar refractivity (Wildman–Crippen MR) is 160 cm³/mol.